The van der Waals surface area contributed by atoms with E-state index in [1.165, 1.54) is 0 Å². The zero-order valence-electron chi connectivity index (χ0n) is 14.1. The summed E-state index contributed by atoms with van der Waals surface area (Å²) in [5.41, 5.74) is 1.84. The van der Waals surface area contributed by atoms with Gasteiger partial charge < -0.3 is 9.30 Å². The molecule has 0 fully saturated rings. The van der Waals surface area contributed by atoms with Crippen LogP contribution in [0.2, 0.25) is 0 Å². The Morgan fingerprint density at radius 2 is 2.17 bits per heavy atom. The van der Waals surface area contributed by atoms with E-state index in [9.17, 15) is 8.42 Å². The van der Waals surface area contributed by atoms with Gasteiger partial charge in [0.2, 0.25) is 10.0 Å². The fraction of sp³-hybridized carbons (Fsp3) is 0.471. The maximum atomic E-state index is 13.1. The molecular weight excluding hydrogens is 326 g/mol. The van der Waals surface area contributed by atoms with Crippen molar-refractivity contribution >= 4 is 10.0 Å². The fourth-order valence-electron chi connectivity index (χ4n) is 3.01. The third-order valence-corrected chi connectivity index (χ3v) is 6.05. The summed E-state index contributed by atoms with van der Waals surface area (Å²) in [5.74, 6) is 0.0972. The third kappa shape index (κ3) is 3.53. The summed E-state index contributed by atoms with van der Waals surface area (Å²) < 4.78 is 35.3. The van der Waals surface area contributed by atoms with Gasteiger partial charge in [0.15, 0.2) is 0 Å². The van der Waals surface area contributed by atoms with E-state index in [1.807, 2.05) is 24.5 Å². The lowest BCUT2D eigenvalue weighted by Crippen LogP contribution is -2.35. The number of ether oxygens (including phenoxy) is 1. The van der Waals surface area contributed by atoms with Crippen LogP contribution in [-0.2, 0) is 27.8 Å². The molecule has 0 N–H and O–H groups in total. The predicted molar refractivity (Wildman–Crippen MR) is 91.0 cm³/mol. The van der Waals surface area contributed by atoms with Crippen LogP contribution in [0.1, 0.15) is 18.2 Å². The van der Waals surface area contributed by atoms with E-state index in [1.54, 1.807) is 35.0 Å². The number of hydrogen-bond acceptors (Lipinski definition) is 4. The molecule has 1 atom stereocenters. The largest absolute Gasteiger partial charge is 0.381 e. The molecule has 0 saturated heterocycles. The Balaban J connectivity index is 1.93. The molecule has 0 spiro atoms. The number of aromatic nitrogens is 2. The molecule has 1 aromatic carbocycles. The Labute approximate surface area is 143 Å². The zero-order valence-corrected chi connectivity index (χ0v) is 14.9. The van der Waals surface area contributed by atoms with Gasteiger partial charge in [0.25, 0.3) is 0 Å². The normalized spacial score (nSPS) is 19.0. The van der Waals surface area contributed by atoms with Crippen molar-refractivity contribution in [2.75, 3.05) is 19.8 Å². The number of fused-ring (bicyclic) bond motifs is 1. The summed E-state index contributed by atoms with van der Waals surface area (Å²) in [7, 11) is -3.55. The Bertz CT molecular complexity index is 801. The molecule has 130 valence electrons. The minimum absolute atomic E-state index is 0.0972. The maximum absolute atomic E-state index is 13.1. The SMILES string of the molecule is CCOCC1CN(S(=O)(=O)c2cccc(C)c2)Cc2cncn2C1. The second kappa shape index (κ2) is 7.04. The molecule has 0 amide bonds. The van der Waals surface area contributed by atoms with Gasteiger partial charge in [-0.1, -0.05) is 12.1 Å². The highest BCUT2D eigenvalue weighted by Crippen LogP contribution is 2.24. The summed E-state index contributed by atoms with van der Waals surface area (Å²) in [5, 5.41) is 0. The molecule has 3 rings (SSSR count). The lowest BCUT2D eigenvalue weighted by Gasteiger charge is -2.23. The van der Waals surface area contributed by atoms with Crippen molar-refractivity contribution < 1.29 is 13.2 Å². The van der Waals surface area contributed by atoms with E-state index in [4.69, 9.17) is 4.74 Å². The van der Waals surface area contributed by atoms with E-state index in [0.717, 1.165) is 17.8 Å². The van der Waals surface area contributed by atoms with Crippen molar-refractivity contribution in [3.63, 3.8) is 0 Å². The van der Waals surface area contributed by atoms with Gasteiger partial charge in [0, 0.05) is 31.8 Å². The van der Waals surface area contributed by atoms with Crippen LogP contribution < -0.4 is 0 Å². The van der Waals surface area contributed by atoms with Crippen molar-refractivity contribution in [1.29, 1.82) is 0 Å². The highest BCUT2D eigenvalue weighted by atomic mass is 32.2. The first-order valence-corrected chi connectivity index (χ1v) is 9.58. The van der Waals surface area contributed by atoms with Crippen LogP contribution in [0.25, 0.3) is 0 Å². The topological polar surface area (TPSA) is 64.4 Å². The van der Waals surface area contributed by atoms with Gasteiger partial charge >= 0.3 is 0 Å². The van der Waals surface area contributed by atoms with Crippen molar-refractivity contribution in [1.82, 2.24) is 13.9 Å². The van der Waals surface area contributed by atoms with E-state index in [2.05, 4.69) is 4.98 Å². The Morgan fingerprint density at radius 1 is 1.33 bits per heavy atom. The first kappa shape index (κ1) is 17.1. The number of rotatable bonds is 5. The smallest absolute Gasteiger partial charge is 0.243 e. The van der Waals surface area contributed by atoms with Crippen LogP contribution in [0.4, 0.5) is 0 Å². The third-order valence-electron chi connectivity index (χ3n) is 4.24. The van der Waals surface area contributed by atoms with Crippen LogP contribution in [-0.4, -0.2) is 42.0 Å². The standard InChI is InChI=1S/C17H23N3O3S/c1-3-23-12-15-9-19-13-18-8-16(19)11-20(10-15)24(21,22)17-6-4-5-14(2)7-17/h4-8,13,15H,3,9-12H2,1-2H3. The first-order chi connectivity index (χ1) is 11.5. The molecule has 1 aromatic heterocycles. The molecule has 1 aliphatic rings. The quantitative estimate of drug-likeness (QED) is 0.829. The second-order valence-corrected chi connectivity index (χ2v) is 8.11. The number of aryl methyl sites for hydroxylation is 1. The molecule has 7 heteroatoms. The Hall–Kier alpha value is -1.70. The van der Waals surface area contributed by atoms with Gasteiger partial charge in [-0.25, -0.2) is 13.4 Å². The lowest BCUT2D eigenvalue weighted by atomic mass is 10.1. The number of nitrogens with zero attached hydrogens (tertiary/aromatic N) is 3. The minimum Gasteiger partial charge on any atom is -0.381 e. The summed E-state index contributed by atoms with van der Waals surface area (Å²) >= 11 is 0. The number of hydrogen-bond donors (Lipinski definition) is 0. The molecule has 0 saturated carbocycles. The average Bonchev–Trinajstić information content (AvgIpc) is 2.90. The molecule has 0 aliphatic carbocycles. The van der Waals surface area contributed by atoms with Crippen LogP contribution in [0.3, 0.4) is 0 Å². The maximum Gasteiger partial charge on any atom is 0.243 e. The number of benzene rings is 1. The summed E-state index contributed by atoms with van der Waals surface area (Å²) in [4.78, 5) is 4.50. The van der Waals surface area contributed by atoms with Gasteiger partial charge in [-0.3, -0.25) is 0 Å². The molecule has 0 bridgehead atoms. The molecule has 2 heterocycles. The van der Waals surface area contributed by atoms with E-state index < -0.39 is 10.0 Å². The molecule has 1 unspecified atom stereocenters. The lowest BCUT2D eigenvalue weighted by molar-refractivity contribution is 0.0978. The van der Waals surface area contributed by atoms with Crippen molar-refractivity contribution in [3.05, 3.63) is 48.0 Å². The Kier molecular flexibility index (Phi) is 5.03. The molecule has 6 nitrogen and oxygen atoms in total. The van der Waals surface area contributed by atoms with Crippen molar-refractivity contribution in [2.45, 2.75) is 31.8 Å². The van der Waals surface area contributed by atoms with Crippen molar-refractivity contribution in [3.8, 4) is 0 Å². The van der Waals surface area contributed by atoms with Gasteiger partial charge in [0.05, 0.1) is 30.1 Å². The van der Waals surface area contributed by atoms with Crippen LogP contribution in [0.15, 0.2) is 41.7 Å². The molecule has 2 aromatic rings. The van der Waals surface area contributed by atoms with Gasteiger partial charge in [0.1, 0.15) is 0 Å². The fourth-order valence-corrected chi connectivity index (χ4v) is 4.60. The molecule has 0 radical (unpaired) electrons. The van der Waals surface area contributed by atoms with Gasteiger partial charge in [-0.15, -0.1) is 0 Å². The van der Waals surface area contributed by atoms with Crippen molar-refractivity contribution in [2.24, 2.45) is 5.92 Å². The molecule has 24 heavy (non-hydrogen) atoms. The number of imidazole rings is 1. The predicted octanol–water partition coefficient (Wildman–Crippen LogP) is 2.05. The van der Waals surface area contributed by atoms with Crippen LogP contribution in [0.5, 0.6) is 0 Å². The second-order valence-electron chi connectivity index (χ2n) is 6.18. The highest BCUT2D eigenvalue weighted by molar-refractivity contribution is 7.89. The number of sulfonamides is 1. The van der Waals surface area contributed by atoms with E-state index in [0.29, 0.717) is 31.2 Å². The summed E-state index contributed by atoms with van der Waals surface area (Å²) in [6, 6.07) is 7.05. The summed E-state index contributed by atoms with van der Waals surface area (Å²) in [6.07, 6.45) is 3.50. The summed E-state index contributed by atoms with van der Waals surface area (Å²) in [6.45, 7) is 6.49. The highest BCUT2D eigenvalue weighted by Gasteiger charge is 2.31. The van der Waals surface area contributed by atoms with E-state index >= 15 is 0 Å². The average molecular weight is 349 g/mol. The minimum atomic E-state index is -3.55. The monoisotopic (exact) mass is 349 g/mol. The van der Waals surface area contributed by atoms with E-state index in [-0.39, 0.29) is 5.92 Å². The zero-order chi connectivity index (χ0) is 17.2. The van der Waals surface area contributed by atoms with Gasteiger partial charge in [-0.2, -0.15) is 4.31 Å². The Morgan fingerprint density at radius 3 is 2.92 bits per heavy atom. The first-order valence-electron chi connectivity index (χ1n) is 8.14. The van der Waals surface area contributed by atoms with Crippen LogP contribution >= 0.6 is 0 Å². The molecule has 1 aliphatic heterocycles. The van der Waals surface area contributed by atoms with Gasteiger partial charge in [-0.05, 0) is 31.5 Å². The van der Waals surface area contributed by atoms with Crippen LogP contribution in [0, 0.1) is 12.8 Å². The molecular formula is C17H23N3O3S.